The first-order chi connectivity index (χ1) is 7.60. The molecule has 0 spiro atoms. The molecule has 16 heavy (non-hydrogen) atoms. The van der Waals surface area contributed by atoms with Crippen molar-refractivity contribution in [3.8, 4) is 0 Å². The summed E-state index contributed by atoms with van der Waals surface area (Å²) in [6.45, 7) is 4.44. The van der Waals surface area contributed by atoms with Crippen molar-refractivity contribution in [2.75, 3.05) is 33.8 Å². The number of carbonyl (C=O) groups excluding carboxylic acids is 2. The van der Waals surface area contributed by atoms with Crippen LogP contribution in [0.15, 0.2) is 0 Å². The first-order valence-corrected chi connectivity index (χ1v) is 5.67. The Morgan fingerprint density at radius 1 is 1.38 bits per heavy atom. The number of hydrogen-bond acceptors (Lipinski definition) is 4. The van der Waals surface area contributed by atoms with Crippen LogP contribution in [-0.2, 0) is 14.3 Å². The van der Waals surface area contributed by atoms with Gasteiger partial charge in [-0.05, 0) is 26.4 Å². The van der Waals surface area contributed by atoms with E-state index in [4.69, 9.17) is 0 Å². The van der Waals surface area contributed by atoms with Crippen molar-refractivity contribution in [3.63, 3.8) is 0 Å². The summed E-state index contributed by atoms with van der Waals surface area (Å²) >= 11 is 0. The summed E-state index contributed by atoms with van der Waals surface area (Å²) in [5.74, 6) is -1.27. The molecule has 0 bridgehead atoms. The zero-order chi connectivity index (χ0) is 12.1. The lowest BCUT2D eigenvalue weighted by Crippen LogP contribution is -2.46. The highest BCUT2D eigenvalue weighted by Crippen LogP contribution is 2.12. The molecule has 0 N–H and O–H groups in total. The van der Waals surface area contributed by atoms with Crippen LogP contribution in [0, 0.1) is 0 Å². The Kier molecular flexibility index (Phi) is 4.73. The number of nitrogens with zero attached hydrogens (tertiary/aromatic N) is 2. The minimum Gasteiger partial charge on any atom is -0.462 e. The molecule has 92 valence electrons. The highest BCUT2D eigenvalue weighted by molar-refractivity contribution is 6.32. The second-order valence-corrected chi connectivity index (χ2v) is 4.17. The van der Waals surface area contributed by atoms with Crippen LogP contribution in [0.2, 0.25) is 0 Å². The van der Waals surface area contributed by atoms with Crippen LogP contribution in [0.3, 0.4) is 0 Å². The standard InChI is InChI=1S/C11H20N2O3/c1-4-9-8-12(2)6-5-7-13(9)10(14)11(15)16-3/h9H,4-8H2,1-3H3. The fourth-order valence-corrected chi connectivity index (χ4v) is 2.06. The normalized spacial score (nSPS) is 22.7. The molecule has 0 aromatic heterocycles. The molecule has 1 heterocycles. The molecule has 5 nitrogen and oxygen atoms in total. The van der Waals surface area contributed by atoms with Gasteiger partial charge in [-0.15, -0.1) is 0 Å². The van der Waals surface area contributed by atoms with Crippen LogP contribution in [0.25, 0.3) is 0 Å². The number of methoxy groups -OCH3 is 1. The molecule has 1 rings (SSSR count). The van der Waals surface area contributed by atoms with Gasteiger partial charge in [-0.2, -0.15) is 0 Å². The summed E-state index contributed by atoms with van der Waals surface area (Å²) in [6, 6.07) is 0.110. The molecule has 1 amide bonds. The lowest BCUT2D eigenvalue weighted by Gasteiger charge is -2.29. The minimum absolute atomic E-state index is 0.110. The van der Waals surface area contributed by atoms with Crippen LogP contribution >= 0.6 is 0 Å². The van der Waals surface area contributed by atoms with Crippen molar-refractivity contribution in [2.45, 2.75) is 25.8 Å². The second kappa shape index (κ2) is 5.84. The van der Waals surface area contributed by atoms with Gasteiger partial charge in [-0.25, -0.2) is 4.79 Å². The van der Waals surface area contributed by atoms with Gasteiger partial charge < -0.3 is 14.5 Å². The first-order valence-electron chi connectivity index (χ1n) is 5.67. The van der Waals surface area contributed by atoms with Gasteiger partial charge in [0.25, 0.3) is 0 Å². The zero-order valence-corrected chi connectivity index (χ0v) is 10.2. The number of esters is 1. The van der Waals surface area contributed by atoms with Crippen LogP contribution in [0.1, 0.15) is 19.8 Å². The number of rotatable bonds is 1. The third-order valence-electron chi connectivity index (χ3n) is 2.99. The molecule has 5 heteroatoms. The van der Waals surface area contributed by atoms with Crippen LogP contribution in [0.4, 0.5) is 0 Å². The molecule has 1 atom stereocenters. The summed E-state index contributed by atoms with van der Waals surface area (Å²) < 4.78 is 4.48. The predicted octanol–water partition coefficient (Wildman–Crippen LogP) is 0.102. The van der Waals surface area contributed by atoms with Crippen molar-refractivity contribution in [3.05, 3.63) is 0 Å². The lowest BCUT2D eigenvalue weighted by atomic mass is 10.2. The monoisotopic (exact) mass is 228 g/mol. The van der Waals surface area contributed by atoms with Gasteiger partial charge in [0.2, 0.25) is 0 Å². The fourth-order valence-electron chi connectivity index (χ4n) is 2.06. The Bertz CT molecular complexity index is 268. The third-order valence-corrected chi connectivity index (χ3v) is 2.99. The maximum absolute atomic E-state index is 11.8. The first kappa shape index (κ1) is 13.0. The van der Waals surface area contributed by atoms with E-state index in [1.807, 2.05) is 14.0 Å². The van der Waals surface area contributed by atoms with Gasteiger partial charge in [-0.3, -0.25) is 4.79 Å². The summed E-state index contributed by atoms with van der Waals surface area (Å²) in [7, 11) is 3.28. The molecule has 1 fully saturated rings. The average Bonchev–Trinajstić information content (AvgIpc) is 2.48. The van der Waals surface area contributed by atoms with Crippen LogP contribution < -0.4 is 0 Å². The Hall–Kier alpha value is -1.10. The summed E-state index contributed by atoms with van der Waals surface area (Å²) in [4.78, 5) is 26.9. The van der Waals surface area contributed by atoms with Crippen LogP contribution in [0.5, 0.6) is 0 Å². The molecule has 1 saturated heterocycles. The lowest BCUT2D eigenvalue weighted by molar-refractivity contribution is -0.159. The highest BCUT2D eigenvalue weighted by atomic mass is 16.5. The molecule has 0 aromatic rings. The van der Waals surface area contributed by atoms with E-state index < -0.39 is 11.9 Å². The number of carbonyl (C=O) groups is 2. The molecule has 1 aliphatic rings. The zero-order valence-electron chi connectivity index (χ0n) is 10.2. The Morgan fingerprint density at radius 2 is 2.06 bits per heavy atom. The summed E-state index contributed by atoms with van der Waals surface area (Å²) in [5.41, 5.74) is 0. The maximum atomic E-state index is 11.8. The number of amides is 1. The van der Waals surface area contributed by atoms with E-state index >= 15 is 0 Å². The minimum atomic E-state index is -0.761. The molecule has 0 aliphatic carbocycles. The molecule has 1 unspecified atom stereocenters. The SMILES string of the molecule is CCC1CN(C)CCCN1C(=O)C(=O)OC. The van der Waals surface area contributed by atoms with Gasteiger partial charge in [0, 0.05) is 19.1 Å². The smallest absolute Gasteiger partial charge is 0.396 e. The molecular formula is C11H20N2O3. The largest absolute Gasteiger partial charge is 0.462 e. The van der Waals surface area contributed by atoms with E-state index in [-0.39, 0.29) is 6.04 Å². The van der Waals surface area contributed by atoms with Crippen molar-refractivity contribution in [1.29, 1.82) is 0 Å². The number of likely N-dealkylation sites (N-methyl/N-ethyl adjacent to an activating group) is 1. The third kappa shape index (κ3) is 2.95. The van der Waals surface area contributed by atoms with E-state index in [1.165, 1.54) is 7.11 Å². The Labute approximate surface area is 96.3 Å². The van der Waals surface area contributed by atoms with E-state index in [2.05, 4.69) is 9.64 Å². The van der Waals surface area contributed by atoms with E-state index in [0.717, 1.165) is 25.9 Å². The van der Waals surface area contributed by atoms with E-state index in [0.29, 0.717) is 6.54 Å². The molecular weight excluding hydrogens is 208 g/mol. The highest BCUT2D eigenvalue weighted by Gasteiger charge is 2.30. The Balaban J connectivity index is 2.75. The summed E-state index contributed by atoms with van der Waals surface area (Å²) in [5, 5.41) is 0. The fraction of sp³-hybridized carbons (Fsp3) is 0.818. The molecule has 0 aromatic carbocycles. The average molecular weight is 228 g/mol. The van der Waals surface area contributed by atoms with Crippen LogP contribution in [-0.4, -0.2) is 61.5 Å². The van der Waals surface area contributed by atoms with Crippen molar-refractivity contribution >= 4 is 11.9 Å². The molecule has 1 aliphatic heterocycles. The summed E-state index contributed by atoms with van der Waals surface area (Å²) in [6.07, 6.45) is 1.75. The topological polar surface area (TPSA) is 49.9 Å². The van der Waals surface area contributed by atoms with E-state index in [1.54, 1.807) is 4.90 Å². The van der Waals surface area contributed by atoms with Crippen molar-refractivity contribution < 1.29 is 14.3 Å². The van der Waals surface area contributed by atoms with Gasteiger partial charge in [0.1, 0.15) is 0 Å². The van der Waals surface area contributed by atoms with Gasteiger partial charge in [-0.1, -0.05) is 6.92 Å². The maximum Gasteiger partial charge on any atom is 0.396 e. The molecule has 0 radical (unpaired) electrons. The van der Waals surface area contributed by atoms with Crippen molar-refractivity contribution in [1.82, 2.24) is 9.80 Å². The van der Waals surface area contributed by atoms with Gasteiger partial charge in [0.15, 0.2) is 0 Å². The van der Waals surface area contributed by atoms with Gasteiger partial charge in [0.05, 0.1) is 7.11 Å². The predicted molar refractivity (Wildman–Crippen MR) is 59.9 cm³/mol. The Morgan fingerprint density at radius 3 is 2.62 bits per heavy atom. The number of ether oxygens (including phenoxy) is 1. The number of hydrogen-bond donors (Lipinski definition) is 0. The molecule has 0 saturated carbocycles. The van der Waals surface area contributed by atoms with Gasteiger partial charge >= 0.3 is 11.9 Å². The quantitative estimate of drug-likeness (QED) is 0.472. The second-order valence-electron chi connectivity index (χ2n) is 4.17. The van der Waals surface area contributed by atoms with Crippen molar-refractivity contribution in [2.24, 2.45) is 0 Å². The van der Waals surface area contributed by atoms with E-state index in [9.17, 15) is 9.59 Å².